The van der Waals surface area contributed by atoms with Crippen LogP contribution >= 0.6 is 0 Å². The number of hydrogen-bond acceptors (Lipinski definition) is 0. The van der Waals surface area contributed by atoms with Gasteiger partial charge in [0, 0.05) is 34.4 Å². The van der Waals surface area contributed by atoms with Crippen LogP contribution in [0.2, 0.25) is 0 Å². The first kappa shape index (κ1) is 25.7. The highest BCUT2D eigenvalue weighted by Gasteiger charge is 2.31. The average Bonchev–Trinajstić information content (AvgIpc) is 3.87. The second-order valence-electron chi connectivity index (χ2n) is 10.9. The van der Waals surface area contributed by atoms with E-state index in [1.807, 2.05) is 0 Å². The third kappa shape index (κ3) is 5.15. The fourth-order valence-electron chi connectivity index (χ4n) is 6.14. The highest BCUT2D eigenvalue weighted by Crippen LogP contribution is 2.43. The Morgan fingerprint density at radius 3 is 0.738 bits per heavy atom. The third-order valence-corrected chi connectivity index (χ3v) is 8.20. The number of allylic oxidation sites excluding steroid dienone is 24. The summed E-state index contributed by atoms with van der Waals surface area (Å²) in [6, 6.07) is 0. The molecule has 0 bridgehead atoms. The molecule has 0 atom stereocenters. The minimum Gasteiger partial charge on any atom is -0.0861 e. The lowest BCUT2D eigenvalue weighted by Gasteiger charge is -2.26. The van der Waals surface area contributed by atoms with Gasteiger partial charge in [0.2, 0.25) is 0 Å². The van der Waals surface area contributed by atoms with E-state index in [1.165, 1.54) is 16.7 Å². The van der Waals surface area contributed by atoms with Crippen molar-refractivity contribution >= 4 is 0 Å². The second-order valence-corrected chi connectivity index (χ2v) is 10.9. The molecule has 0 fully saturated rings. The molecule has 7 rings (SSSR count). The van der Waals surface area contributed by atoms with Crippen molar-refractivity contribution in [2.24, 2.45) is 17.8 Å². The third-order valence-electron chi connectivity index (χ3n) is 8.20. The Bertz CT molecular complexity index is 1550. The van der Waals surface area contributed by atoms with E-state index in [4.69, 9.17) is 0 Å². The van der Waals surface area contributed by atoms with Crippen LogP contribution in [-0.4, -0.2) is 0 Å². The molecule has 0 N–H and O–H groups in total. The minimum atomic E-state index is 0.0897. The predicted molar refractivity (Wildman–Crippen MR) is 175 cm³/mol. The predicted octanol–water partition coefficient (Wildman–Crippen LogP) is 8.60. The summed E-state index contributed by atoms with van der Waals surface area (Å²) in [5, 5.41) is 0. The molecule has 0 radical (unpaired) electrons. The molecule has 0 aliphatic heterocycles. The Morgan fingerprint density at radius 1 is 0.286 bits per heavy atom. The van der Waals surface area contributed by atoms with Crippen LogP contribution in [0.4, 0.5) is 0 Å². The maximum Gasteiger partial charge on any atom is 0.0573 e. The van der Waals surface area contributed by atoms with Crippen LogP contribution in [0.3, 0.4) is 0 Å². The van der Waals surface area contributed by atoms with Gasteiger partial charge in [-0.05, 0) is 16.7 Å². The van der Waals surface area contributed by atoms with Crippen molar-refractivity contribution in [2.75, 3.05) is 0 Å². The lowest BCUT2D eigenvalue weighted by molar-refractivity contribution is 0.977. The molecular formula is C42H30. The first-order valence-electron chi connectivity index (χ1n) is 14.7. The molecule has 0 saturated heterocycles. The Morgan fingerprint density at radius 2 is 0.500 bits per heavy atom. The Labute approximate surface area is 249 Å². The van der Waals surface area contributed by atoms with E-state index in [1.54, 1.807) is 0 Å². The van der Waals surface area contributed by atoms with Gasteiger partial charge in [0.05, 0.1) is 17.8 Å². The average molecular weight is 535 g/mol. The lowest BCUT2D eigenvalue weighted by Crippen LogP contribution is -2.14. The number of rotatable bonds is 3. The molecule has 0 saturated carbocycles. The zero-order valence-corrected chi connectivity index (χ0v) is 23.3. The van der Waals surface area contributed by atoms with E-state index in [2.05, 4.69) is 181 Å². The summed E-state index contributed by atoms with van der Waals surface area (Å²) < 4.78 is 0. The SMILES string of the molecule is C(#CC1C=CC=C1)c1c(C2C=CC=C2)c(C#CC2C=CC=C2)c(C2C=CC=C2)c(C#CC2C=CC=C2)c1C1C=CC=C1. The van der Waals surface area contributed by atoms with Gasteiger partial charge in [-0.3, -0.25) is 0 Å². The van der Waals surface area contributed by atoms with Gasteiger partial charge in [-0.2, -0.15) is 0 Å². The molecule has 6 aliphatic carbocycles. The lowest BCUT2D eigenvalue weighted by atomic mass is 9.75. The van der Waals surface area contributed by atoms with Crippen molar-refractivity contribution in [1.82, 2.24) is 0 Å². The Balaban J connectivity index is 1.58. The van der Waals surface area contributed by atoms with E-state index in [-0.39, 0.29) is 35.5 Å². The summed E-state index contributed by atoms with van der Waals surface area (Å²) in [6.07, 6.45) is 51.8. The highest BCUT2D eigenvalue weighted by atomic mass is 14.3. The van der Waals surface area contributed by atoms with E-state index in [0.29, 0.717) is 0 Å². The van der Waals surface area contributed by atoms with Gasteiger partial charge in [0.15, 0.2) is 0 Å². The van der Waals surface area contributed by atoms with Crippen molar-refractivity contribution in [1.29, 1.82) is 0 Å². The van der Waals surface area contributed by atoms with Crippen LogP contribution in [0.25, 0.3) is 0 Å². The summed E-state index contributed by atoms with van der Waals surface area (Å²) in [5.74, 6) is 22.4. The van der Waals surface area contributed by atoms with E-state index in [0.717, 1.165) is 16.7 Å². The quantitative estimate of drug-likeness (QED) is 0.341. The molecule has 0 amide bonds. The monoisotopic (exact) mass is 534 g/mol. The summed E-state index contributed by atoms with van der Waals surface area (Å²) in [4.78, 5) is 0. The maximum atomic E-state index is 3.72. The Kier molecular flexibility index (Phi) is 7.18. The standard InChI is InChI=1S/C42H30/c1-2-14-31(13-1)25-28-37-40(34-19-7-8-20-34)38(29-26-32-15-3-4-16-32)42(36-23-11-12-24-36)39(30-27-33-17-5-6-18-33)41(37)35-21-9-10-22-35/h1-24,31-36H. The van der Waals surface area contributed by atoms with Gasteiger partial charge in [-0.1, -0.05) is 181 Å². The Hall–Kier alpha value is -5.22. The second kappa shape index (κ2) is 11.7. The summed E-state index contributed by atoms with van der Waals surface area (Å²) in [5.41, 5.74) is 6.75. The van der Waals surface area contributed by atoms with Gasteiger partial charge in [-0.25, -0.2) is 0 Å². The van der Waals surface area contributed by atoms with Gasteiger partial charge < -0.3 is 0 Å². The summed E-state index contributed by atoms with van der Waals surface area (Å²) in [6.45, 7) is 0. The molecule has 0 heteroatoms. The summed E-state index contributed by atoms with van der Waals surface area (Å²) in [7, 11) is 0. The molecule has 1 aromatic carbocycles. The van der Waals surface area contributed by atoms with Crippen molar-refractivity contribution in [3.8, 4) is 35.5 Å². The van der Waals surface area contributed by atoms with Gasteiger partial charge in [0.1, 0.15) is 0 Å². The van der Waals surface area contributed by atoms with E-state index < -0.39 is 0 Å². The first-order chi connectivity index (χ1) is 20.8. The smallest absolute Gasteiger partial charge is 0.0573 e. The summed E-state index contributed by atoms with van der Waals surface area (Å²) >= 11 is 0. The van der Waals surface area contributed by atoms with E-state index >= 15 is 0 Å². The molecule has 0 unspecified atom stereocenters. The molecule has 6 aliphatic rings. The van der Waals surface area contributed by atoms with Crippen LogP contribution in [0.15, 0.2) is 146 Å². The molecule has 198 valence electrons. The van der Waals surface area contributed by atoms with Gasteiger partial charge in [0.25, 0.3) is 0 Å². The number of hydrogen-bond donors (Lipinski definition) is 0. The minimum absolute atomic E-state index is 0.0897. The fourth-order valence-corrected chi connectivity index (χ4v) is 6.14. The van der Waals surface area contributed by atoms with E-state index in [9.17, 15) is 0 Å². The zero-order valence-electron chi connectivity index (χ0n) is 23.3. The highest BCUT2D eigenvalue weighted by molar-refractivity contribution is 5.73. The van der Waals surface area contributed by atoms with Crippen molar-refractivity contribution in [2.45, 2.75) is 17.8 Å². The first-order valence-corrected chi connectivity index (χ1v) is 14.7. The van der Waals surface area contributed by atoms with Crippen LogP contribution < -0.4 is 0 Å². The molecule has 0 nitrogen and oxygen atoms in total. The molecule has 0 aromatic heterocycles. The largest absolute Gasteiger partial charge is 0.0861 e. The fraction of sp³-hybridized carbons (Fsp3) is 0.143. The molecule has 0 spiro atoms. The van der Waals surface area contributed by atoms with Crippen molar-refractivity contribution < 1.29 is 0 Å². The van der Waals surface area contributed by atoms with Crippen LogP contribution in [-0.2, 0) is 0 Å². The molecule has 42 heavy (non-hydrogen) atoms. The normalized spacial score (nSPS) is 20.0. The van der Waals surface area contributed by atoms with Crippen LogP contribution in [0.1, 0.15) is 51.1 Å². The molecular weight excluding hydrogens is 504 g/mol. The molecule has 1 aromatic rings. The van der Waals surface area contributed by atoms with Crippen molar-refractivity contribution in [3.63, 3.8) is 0 Å². The van der Waals surface area contributed by atoms with Crippen molar-refractivity contribution in [3.05, 3.63) is 179 Å². The molecule has 0 heterocycles. The maximum absolute atomic E-state index is 3.72. The van der Waals surface area contributed by atoms with Gasteiger partial charge >= 0.3 is 0 Å². The van der Waals surface area contributed by atoms with Gasteiger partial charge in [-0.15, -0.1) is 0 Å². The van der Waals surface area contributed by atoms with Crippen LogP contribution in [0, 0.1) is 53.3 Å². The topological polar surface area (TPSA) is 0 Å². The number of benzene rings is 1. The zero-order chi connectivity index (χ0) is 28.1. The van der Waals surface area contributed by atoms with Crippen LogP contribution in [0.5, 0.6) is 0 Å².